The molecule has 1 fully saturated rings. The van der Waals surface area contributed by atoms with Crippen molar-refractivity contribution in [3.63, 3.8) is 0 Å². The average Bonchev–Trinajstić information content (AvgIpc) is 2.48. The van der Waals surface area contributed by atoms with Crippen molar-refractivity contribution in [2.24, 2.45) is 10.2 Å². The summed E-state index contributed by atoms with van der Waals surface area (Å²) in [5, 5.41) is 8.04. The second kappa shape index (κ2) is 7.08. The molecule has 1 saturated heterocycles. The molecule has 0 saturated carbocycles. The van der Waals surface area contributed by atoms with Gasteiger partial charge in [0.2, 0.25) is 0 Å². The van der Waals surface area contributed by atoms with Gasteiger partial charge in [0, 0.05) is 13.1 Å². The van der Waals surface area contributed by atoms with E-state index >= 15 is 0 Å². The second-order valence-corrected chi connectivity index (χ2v) is 4.93. The SMILES string of the molecule is CC(=O)C(N=Nc1ccccc1N1CCOCC1)C(C)=O. The number of carbonyl (C=O) groups excluding carboxylic acids is 2. The molecule has 0 N–H and O–H groups in total. The number of azo groups is 1. The Morgan fingerprint density at radius 3 is 2.38 bits per heavy atom. The smallest absolute Gasteiger partial charge is 0.187 e. The molecular formula is C15H19N3O3. The van der Waals surface area contributed by atoms with Gasteiger partial charge in [-0.15, -0.1) is 0 Å². The number of Topliss-reactive ketones (excluding diaryl/α,β-unsaturated/α-hetero) is 2. The molecule has 1 aromatic rings. The van der Waals surface area contributed by atoms with Crippen molar-refractivity contribution in [3.8, 4) is 0 Å². The number of carbonyl (C=O) groups is 2. The van der Waals surface area contributed by atoms with Crippen molar-refractivity contribution >= 4 is 22.9 Å². The van der Waals surface area contributed by atoms with Crippen LogP contribution >= 0.6 is 0 Å². The molecule has 1 aliphatic heterocycles. The molecule has 0 atom stereocenters. The first-order chi connectivity index (χ1) is 10.1. The van der Waals surface area contributed by atoms with Crippen LogP contribution in [0.2, 0.25) is 0 Å². The standard InChI is InChI=1S/C15H19N3O3/c1-11(19)15(12(2)20)17-16-13-5-3-4-6-14(13)18-7-9-21-10-8-18/h3-6,15H,7-10H2,1-2H3. The van der Waals surface area contributed by atoms with Gasteiger partial charge in [-0.1, -0.05) is 12.1 Å². The number of ketones is 2. The highest BCUT2D eigenvalue weighted by Crippen LogP contribution is 2.29. The maximum Gasteiger partial charge on any atom is 0.187 e. The number of benzene rings is 1. The Morgan fingerprint density at radius 2 is 1.76 bits per heavy atom. The molecule has 1 aromatic carbocycles. The summed E-state index contributed by atoms with van der Waals surface area (Å²) >= 11 is 0. The van der Waals surface area contributed by atoms with Crippen LogP contribution in [0.15, 0.2) is 34.5 Å². The predicted octanol–water partition coefficient (Wildman–Crippen LogP) is 2.15. The van der Waals surface area contributed by atoms with Crippen LogP contribution in [0.1, 0.15) is 13.8 Å². The Morgan fingerprint density at radius 1 is 1.14 bits per heavy atom. The van der Waals surface area contributed by atoms with Crippen molar-refractivity contribution in [2.75, 3.05) is 31.2 Å². The van der Waals surface area contributed by atoms with Crippen LogP contribution in [0.4, 0.5) is 11.4 Å². The molecule has 0 spiro atoms. The molecule has 0 radical (unpaired) electrons. The van der Waals surface area contributed by atoms with Gasteiger partial charge >= 0.3 is 0 Å². The Kier molecular flexibility index (Phi) is 5.16. The van der Waals surface area contributed by atoms with Gasteiger partial charge in [-0.05, 0) is 26.0 Å². The molecule has 2 rings (SSSR count). The topological polar surface area (TPSA) is 71.3 Å². The van der Waals surface area contributed by atoms with Crippen molar-refractivity contribution in [2.45, 2.75) is 19.9 Å². The van der Waals surface area contributed by atoms with Gasteiger partial charge in [-0.3, -0.25) is 9.59 Å². The number of morpholine rings is 1. The molecule has 0 aliphatic carbocycles. The Labute approximate surface area is 123 Å². The van der Waals surface area contributed by atoms with E-state index in [1.807, 2.05) is 24.3 Å². The normalized spacial score (nSPS) is 15.7. The van der Waals surface area contributed by atoms with Gasteiger partial charge in [0.05, 0.1) is 18.9 Å². The molecule has 112 valence electrons. The van der Waals surface area contributed by atoms with Gasteiger partial charge in [0.25, 0.3) is 0 Å². The predicted molar refractivity (Wildman–Crippen MR) is 79.1 cm³/mol. The fraction of sp³-hybridized carbons (Fsp3) is 0.467. The minimum Gasteiger partial charge on any atom is -0.378 e. The summed E-state index contributed by atoms with van der Waals surface area (Å²) in [7, 11) is 0. The highest BCUT2D eigenvalue weighted by atomic mass is 16.5. The summed E-state index contributed by atoms with van der Waals surface area (Å²) in [6.45, 7) is 5.62. The summed E-state index contributed by atoms with van der Waals surface area (Å²) in [5.41, 5.74) is 1.60. The van der Waals surface area contributed by atoms with E-state index in [-0.39, 0.29) is 11.6 Å². The van der Waals surface area contributed by atoms with E-state index in [9.17, 15) is 9.59 Å². The van der Waals surface area contributed by atoms with Crippen molar-refractivity contribution in [3.05, 3.63) is 24.3 Å². The Hall–Kier alpha value is -2.08. The second-order valence-electron chi connectivity index (χ2n) is 4.93. The van der Waals surface area contributed by atoms with Gasteiger partial charge in [-0.2, -0.15) is 10.2 Å². The first-order valence-electron chi connectivity index (χ1n) is 6.93. The first-order valence-corrected chi connectivity index (χ1v) is 6.93. The van der Waals surface area contributed by atoms with E-state index in [0.29, 0.717) is 18.9 Å². The van der Waals surface area contributed by atoms with Crippen molar-refractivity contribution in [1.29, 1.82) is 0 Å². The van der Waals surface area contributed by atoms with Crippen LogP contribution in [0.5, 0.6) is 0 Å². The van der Waals surface area contributed by atoms with Gasteiger partial charge in [0.15, 0.2) is 17.6 Å². The summed E-state index contributed by atoms with van der Waals surface area (Å²) in [4.78, 5) is 24.9. The van der Waals surface area contributed by atoms with E-state index in [1.54, 1.807) is 0 Å². The molecule has 1 aliphatic rings. The third kappa shape index (κ3) is 3.95. The number of hydrogen-bond acceptors (Lipinski definition) is 6. The lowest BCUT2D eigenvalue weighted by Crippen LogP contribution is -2.36. The lowest BCUT2D eigenvalue weighted by molar-refractivity contribution is -0.126. The van der Waals surface area contributed by atoms with E-state index in [0.717, 1.165) is 18.8 Å². The fourth-order valence-corrected chi connectivity index (χ4v) is 2.19. The van der Waals surface area contributed by atoms with Crippen molar-refractivity contribution < 1.29 is 14.3 Å². The average molecular weight is 289 g/mol. The quantitative estimate of drug-likeness (QED) is 0.615. The molecule has 0 aromatic heterocycles. The number of anilines is 1. The van der Waals surface area contributed by atoms with Gasteiger partial charge < -0.3 is 9.64 Å². The third-order valence-corrected chi connectivity index (χ3v) is 3.28. The molecule has 0 amide bonds. The summed E-state index contributed by atoms with van der Waals surface area (Å²) in [6, 6.07) is 6.55. The molecule has 6 nitrogen and oxygen atoms in total. The first kappa shape index (κ1) is 15.3. The number of rotatable bonds is 5. The Bertz CT molecular complexity index is 537. The van der Waals surface area contributed by atoms with Crippen LogP contribution in [-0.2, 0) is 14.3 Å². The van der Waals surface area contributed by atoms with Gasteiger partial charge in [-0.25, -0.2) is 0 Å². The minimum absolute atomic E-state index is 0.296. The maximum absolute atomic E-state index is 11.4. The Balaban J connectivity index is 2.23. The van der Waals surface area contributed by atoms with Gasteiger partial charge in [0.1, 0.15) is 5.69 Å². The molecule has 0 bridgehead atoms. The fourth-order valence-electron chi connectivity index (χ4n) is 2.19. The number of hydrogen-bond donors (Lipinski definition) is 0. The highest BCUT2D eigenvalue weighted by molar-refractivity contribution is 6.04. The maximum atomic E-state index is 11.4. The minimum atomic E-state index is -1.01. The molecular weight excluding hydrogens is 270 g/mol. The molecule has 0 unspecified atom stereocenters. The zero-order valence-electron chi connectivity index (χ0n) is 12.3. The zero-order valence-corrected chi connectivity index (χ0v) is 12.3. The van der Waals surface area contributed by atoms with Crippen LogP contribution in [0, 0.1) is 0 Å². The zero-order chi connectivity index (χ0) is 15.2. The number of para-hydroxylation sites is 1. The van der Waals surface area contributed by atoms with Crippen molar-refractivity contribution in [1.82, 2.24) is 0 Å². The van der Waals surface area contributed by atoms with E-state index in [2.05, 4.69) is 15.1 Å². The summed E-state index contributed by atoms with van der Waals surface area (Å²) in [6.07, 6.45) is 0. The molecule has 6 heteroatoms. The summed E-state index contributed by atoms with van der Waals surface area (Å²) in [5.74, 6) is -0.592. The lowest BCUT2D eigenvalue weighted by atomic mass is 10.1. The molecule has 1 heterocycles. The highest BCUT2D eigenvalue weighted by Gasteiger charge is 2.19. The lowest BCUT2D eigenvalue weighted by Gasteiger charge is -2.29. The number of ether oxygens (including phenoxy) is 1. The van der Waals surface area contributed by atoms with Crippen LogP contribution in [0.3, 0.4) is 0 Å². The van der Waals surface area contributed by atoms with E-state index < -0.39 is 6.04 Å². The number of nitrogens with zero attached hydrogens (tertiary/aromatic N) is 3. The van der Waals surface area contributed by atoms with Crippen LogP contribution in [0.25, 0.3) is 0 Å². The third-order valence-electron chi connectivity index (χ3n) is 3.28. The molecule has 21 heavy (non-hydrogen) atoms. The summed E-state index contributed by atoms with van der Waals surface area (Å²) < 4.78 is 5.34. The monoisotopic (exact) mass is 289 g/mol. The van der Waals surface area contributed by atoms with E-state index in [4.69, 9.17) is 4.74 Å². The van der Waals surface area contributed by atoms with E-state index in [1.165, 1.54) is 13.8 Å². The van der Waals surface area contributed by atoms with Crippen LogP contribution < -0.4 is 4.90 Å². The van der Waals surface area contributed by atoms with Crippen LogP contribution in [-0.4, -0.2) is 43.9 Å². The largest absolute Gasteiger partial charge is 0.378 e.